The molecule has 1 aromatic heterocycles. The third kappa shape index (κ3) is 6.68. The maximum absolute atomic E-state index is 14.0. The highest BCUT2D eigenvalue weighted by Gasteiger charge is 2.62. The fourth-order valence-electron chi connectivity index (χ4n) is 6.37. The van der Waals surface area contributed by atoms with E-state index in [1.54, 1.807) is 18.0 Å². The normalized spacial score (nSPS) is 28.7. The lowest BCUT2D eigenvalue weighted by Gasteiger charge is -2.26. The van der Waals surface area contributed by atoms with Crippen molar-refractivity contribution in [3.05, 3.63) is 48.6 Å². The summed E-state index contributed by atoms with van der Waals surface area (Å²) < 4.78 is 39.1. The van der Waals surface area contributed by atoms with Gasteiger partial charge < -0.3 is 19.7 Å². The summed E-state index contributed by atoms with van der Waals surface area (Å²) >= 11 is 0. The van der Waals surface area contributed by atoms with Crippen LogP contribution in [0.1, 0.15) is 51.4 Å². The monoisotopic (exact) mass is 637 g/mol. The molecule has 4 aliphatic rings. The first kappa shape index (κ1) is 31.0. The van der Waals surface area contributed by atoms with Gasteiger partial charge in [0.2, 0.25) is 27.7 Å². The molecule has 3 aliphatic carbocycles. The third-order valence-electron chi connectivity index (χ3n) is 9.22. The van der Waals surface area contributed by atoms with Crippen molar-refractivity contribution >= 4 is 27.7 Å². The van der Waals surface area contributed by atoms with Gasteiger partial charge in [-0.3, -0.25) is 19.1 Å². The van der Waals surface area contributed by atoms with E-state index in [0.717, 1.165) is 24.8 Å². The summed E-state index contributed by atoms with van der Waals surface area (Å²) in [6.07, 6.45) is 7.51. The molecule has 1 aromatic carbocycles. The molecule has 3 saturated carbocycles. The Balaban J connectivity index is 1.26. The Morgan fingerprint density at radius 1 is 1.09 bits per heavy atom. The maximum atomic E-state index is 14.0. The van der Waals surface area contributed by atoms with E-state index in [1.165, 1.54) is 7.11 Å². The Labute approximate surface area is 263 Å². The largest absolute Gasteiger partial charge is 0.474 e. The number of carbonyl (C=O) groups is 3. The summed E-state index contributed by atoms with van der Waals surface area (Å²) in [6, 6.07) is 11.3. The van der Waals surface area contributed by atoms with Gasteiger partial charge in [-0.1, -0.05) is 42.5 Å². The third-order valence-corrected chi connectivity index (χ3v) is 11.0. The summed E-state index contributed by atoms with van der Waals surface area (Å²) in [4.78, 5) is 51.6. The van der Waals surface area contributed by atoms with Gasteiger partial charge in [0.1, 0.15) is 11.6 Å². The molecule has 240 valence electrons. The zero-order chi connectivity index (χ0) is 31.8. The van der Waals surface area contributed by atoms with E-state index < -0.39 is 50.6 Å². The number of hydrogen-bond donors (Lipinski definition) is 2. The highest BCUT2D eigenvalue weighted by atomic mass is 32.2. The number of aromatic nitrogens is 2. The van der Waals surface area contributed by atoms with Crippen LogP contribution in [-0.2, 0) is 24.4 Å². The van der Waals surface area contributed by atoms with Crippen LogP contribution in [0.4, 0.5) is 0 Å². The molecule has 2 N–H and O–H groups in total. The van der Waals surface area contributed by atoms with Crippen LogP contribution in [0.25, 0.3) is 11.3 Å². The first-order chi connectivity index (χ1) is 21.6. The number of carbonyl (C=O) groups excluding carboxylic acids is 3. The number of rotatable bonds is 7. The second-order valence-electron chi connectivity index (χ2n) is 12.5. The average Bonchev–Trinajstić information content (AvgIpc) is 3.95. The SMILES string of the molecule is COc1nc(OC2CC3C(=O)NC4(C(=O)NS(=O)(=O)C5CC5)CC4C=CCCCCN(C)C(=O)C3C2)cc(-c2ccccc2)n1. The van der Waals surface area contributed by atoms with Crippen LogP contribution in [0.5, 0.6) is 11.9 Å². The van der Waals surface area contributed by atoms with Crippen LogP contribution in [0.3, 0.4) is 0 Å². The van der Waals surface area contributed by atoms with Gasteiger partial charge in [0.25, 0.3) is 5.91 Å². The molecule has 2 heterocycles. The number of nitrogens with zero attached hydrogens (tertiary/aromatic N) is 3. The maximum Gasteiger partial charge on any atom is 0.320 e. The number of nitrogens with one attached hydrogen (secondary N) is 2. The van der Waals surface area contributed by atoms with E-state index in [4.69, 9.17) is 9.47 Å². The van der Waals surface area contributed by atoms with E-state index in [2.05, 4.69) is 20.0 Å². The van der Waals surface area contributed by atoms with Crippen molar-refractivity contribution in [3.8, 4) is 23.1 Å². The van der Waals surface area contributed by atoms with Crippen molar-refractivity contribution in [2.45, 2.75) is 68.3 Å². The molecule has 1 aliphatic heterocycles. The summed E-state index contributed by atoms with van der Waals surface area (Å²) in [5.41, 5.74) is 0.0616. The van der Waals surface area contributed by atoms with E-state index in [-0.39, 0.29) is 43.0 Å². The number of amides is 3. The summed E-state index contributed by atoms with van der Waals surface area (Å²) in [5, 5.41) is 2.33. The van der Waals surface area contributed by atoms with E-state index in [9.17, 15) is 22.8 Å². The molecule has 0 radical (unpaired) electrons. The number of ether oxygens (including phenoxy) is 2. The number of allylic oxidation sites excluding steroid dienone is 1. The Morgan fingerprint density at radius 3 is 2.58 bits per heavy atom. The van der Waals surface area contributed by atoms with Crippen molar-refractivity contribution in [1.82, 2.24) is 24.9 Å². The van der Waals surface area contributed by atoms with Crippen LogP contribution in [-0.4, -0.2) is 78.6 Å². The fourth-order valence-corrected chi connectivity index (χ4v) is 7.74. The lowest BCUT2D eigenvalue weighted by atomic mass is 9.93. The lowest BCUT2D eigenvalue weighted by Crippen LogP contribution is -2.54. The van der Waals surface area contributed by atoms with Crippen LogP contribution < -0.4 is 19.5 Å². The first-order valence-corrected chi connectivity index (χ1v) is 17.1. The number of fused-ring (bicyclic) bond motifs is 2. The predicted octanol–water partition coefficient (Wildman–Crippen LogP) is 2.61. The van der Waals surface area contributed by atoms with Crippen molar-refractivity contribution in [1.29, 1.82) is 0 Å². The molecular formula is C32H39N5O7S. The van der Waals surface area contributed by atoms with Crippen molar-refractivity contribution in [2.24, 2.45) is 17.8 Å². The van der Waals surface area contributed by atoms with E-state index in [1.807, 2.05) is 42.5 Å². The van der Waals surface area contributed by atoms with Crippen molar-refractivity contribution in [3.63, 3.8) is 0 Å². The van der Waals surface area contributed by atoms with Crippen LogP contribution >= 0.6 is 0 Å². The van der Waals surface area contributed by atoms with Gasteiger partial charge in [0.05, 0.1) is 29.9 Å². The van der Waals surface area contributed by atoms with Gasteiger partial charge in [0.15, 0.2) is 0 Å². The molecule has 0 bridgehead atoms. The molecule has 12 nitrogen and oxygen atoms in total. The predicted molar refractivity (Wildman–Crippen MR) is 164 cm³/mol. The molecule has 0 saturated heterocycles. The molecule has 0 spiro atoms. The van der Waals surface area contributed by atoms with Crippen molar-refractivity contribution < 1.29 is 32.3 Å². The zero-order valence-electron chi connectivity index (χ0n) is 25.5. The highest BCUT2D eigenvalue weighted by molar-refractivity contribution is 7.91. The summed E-state index contributed by atoms with van der Waals surface area (Å²) in [6.45, 7) is 0.557. The second kappa shape index (κ2) is 12.4. The Kier molecular flexibility index (Phi) is 8.55. The molecule has 5 unspecified atom stereocenters. The number of sulfonamides is 1. The molecule has 45 heavy (non-hydrogen) atoms. The molecule has 13 heteroatoms. The van der Waals surface area contributed by atoms with Gasteiger partial charge >= 0.3 is 6.01 Å². The summed E-state index contributed by atoms with van der Waals surface area (Å²) in [7, 11) is -0.605. The minimum Gasteiger partial charge on any atom is -0.474 e. The van der Waals surface area contributed by atoms with Gasteiger partial charge in [0, 0.05) is 31.1 Å². The van der Waals surface area contributed by atoms with Crippen LogP contribution in [0.2, 0.25) is 0 Å². The van der Waals surface area contributed by atoms with Gasteiger partial charge in [-0.2, -0.15) is 9.97 Å². The Bertz CT molecular complexity index is 1600. The van der Waals surface area contributed by atoms with Crippen LogP contribution in [0.15, 0.2) is 48.6 Å². The molecular weight excluding hydrogens is 598 g/mol. The Morgan fingerprint density at radius 2 is 1.84 bits per heavy atom. The molecule has 5 atom stereocenters. The highest BCUT2D eigenvalue weighted by Crippen LogP contribution is 2.47. The van der Waals surface area contributed by atoms with Crippen LogP contribution in [0, 0.1) is 17.8 Å². The van der Waals surface area contributed by atoms with E-state index >= 15 is 0 Å². The average molecular weight is 638 g/mol. The summed E-state index contributed by atoms with van der Waals surface area (Å²) in [5.74, 6) is -2.92. The molecule has 3 amide bonds. The first-order valence-electron chi connectivity index (χ1n) is 15.5. The smallest absolute Gasteiger partial charge is 0.320 e. The minimum absolute atomic E-state index is 0.124. The standard InChI is InChI=1S/C32H39N5O7S/c1-37-15-9-4-3-8-12-21-19-32(21,30(40)36-45(41,42)23-13-14-23)35-28(38)24-16-22(17-25(24)29(37)39)44-27-18-26(33-31(34-27)43-2)20-10-6-5-7-11-20/h5-8,10-12,18,21-25H,3-4,9,13-17,19H2,1-2H3,(H,35,38)(H,36,40). The number of methoxy groups -OCH3 is 1. The van der Waals surface area contributed by atoms with Gasteiger partial charge in [-0.25, -0.2) is 8.42 Å². The fraction of sp³-hybridized carbons (Fsp3) is 0.531. The minimum atomic E-state index is -3.81. The molecule has 3 fully saturated rings. The second-order valence-corrected chi connectivity index (χ2v) is 14.5. The molecule has 2 aromatic rings. The van der Waals surface area contributed by atoms with Gasteiger partial charge in [-0.15, -0.1) is 0 Å². The molecule has 6 rings (SSSR count). The Hall–Kier alpha value is -4.00. The van der Waals surface area contributed by atoms with E-state index in [0.29, 0.717) is 25.1 Å². The topological polar surface area (TPSA) is 157 Å². The van der Waals surface area contributed by atoms with Crippen molar-refractivity contribution in [2.75, 3.05) is 20.7 Å². The number of hydrogen-bond acceptors (Lipinski definition) is 9. The number of benzene rings is 1. The zero-order valence-corrected chi connectivity index (χ0v) is 26.3. The quantitative estimate of drug-likeness (QED) is 0.436. The lowest BCUT2D eigenvalue weighted by molar-refractivity contribution is -0.140. The van der Waals surface area contributed by atoms with Gasteiger partial charge in [-0.05, 0) is 51.4 Å².